The SMILES string of the molecule is CC1CCCCN1c1nc(C(F)(F)F)ccc1C(N)=O. The zero-order chi connectivity index (χ0) is 14.9. The maximum atomic E-state index is 12.8. The highest BCUT2D eigenvalue weighted by Gasteiger charge is 2.34. The first kappa shape index (κ1) is 14.6. The van der Waals surface area contributed by atoms with Crippen LogP contribution in [0.15, 0.2) is 12.1 Å². The second-order valence-corrected chi connectivity index (χ2v) is 4.97. The first-order valence-corrected chi connectivity index (χ1v) is 6.45. The minimum absolute atomic E-state index is 0.0340. The minimum atomic E-state index is -4.54. The molecule has 2 N–H and O–H groups in total. The molecule has 1 saturated heterocycles. The van der Waals surface area contributed by atoms with Crippen LogP contribution in [-0.4, -0.2) is 23.5 Å². The van der Waals surface area contributed by atoms with Gasteiger partial charge in [-0.1, -0.05) is 0 Å². The summed E-state index contributed by atoms with van der Waals surface area (Å²) >= 11 is 0. The van der Waals surface area contributed by atoms with E-state index in [1.165, 1.54) is 0 Å². The largest absolute Gasteiger partial charge is 0.433 e. The van der Waals surface area contributed by atoms with Crippen LogP contribution in [0.25, 0.3) is 0 Å². The van der Waals surface area contributed by atoms with Crippen molar-refractivity contribution in [2.24, 2.45) is 5.73 Å². The first-order chi connectivity index (χ1) is 9.30. The molecule has 0 aliphatic carbocycles. The van der Waals surface area contributed by atoms with Gasteiger partial charge < -0.3 is 10.6 Å². The zero-order valence-electron chi connectivity index (χ0n) is 11.1. The third-order valence-electron chi connectivity index (χ3n) is 3.51. The van der Waals surface area contributed by atoms with Gasteiger partial charge >= 0.3 is 6.18 Å². The summed E-state index contributed by atoms with van der Waals surface area (Å²) in [7, 11) is 0. The number of amides is 1. The molecule has 2 rings (SSSR count). The molecular formula is C13H16F3N3O. The fraction of sp³-hybridized carbons (Fsp3) is 0.538. The molecule has 0 radical (unpaired) electrons. The molecule has 0 saturated carbocycles. The summed E-state index contributed by atoms with van der Waals surface area (Å²) in [6, 6.07) is 1.94. The van der Waals surface area contributed by atoms with Crippen LogP contribution < -0.4 is 10.6 Å². The van der Waals surface area contributed by atoms with Crippen molar-refractivity contribution in [3.05, 3.63) is 23.4 Å². The number of primary amides is 1. The number of rotatable bonds is 2. The Morgan fingerprint density at radius 3 is 2.65 bits per heavy atom. The van der Waals surface area contributed by atoms with Gasteiger partial charge in [0.15, 0.2) is 0 Å². The van der Waals surface area contributed by atoms with Gasteiger partial charge in [-0.05, 0) is 38.3 Å². The zero-order valence-corrected chi connectivity index (χ0v) is 11.1. The van der Waals surface area contributed by atoms with Crippen LogP contribution >= 0.6 is 0 Å². The molecule has 1 unspecified atom stereocenters. The van der Waals surface area contributed by atoms with Crippen molar-refractivity contribution in [2.45, 2.75) is 38.4 Å². The van der Waals surface area contributed by atoms with Gasteiger partial charge in [0.25, 0.3) is 5.91 Å². The summed E-state index contributed by atoms with van der Waals surface area (Å²) in [5, 5.41) is 0. The van der Waals surface area contributed by atoms with Crippen LogP contribution in [0.1, 0.15) is 42.2 Å². The highest BCUT2D eigenvalue weighted by Crippen LogP contribution is 2.32. The van der Waals surface area contributed by atoms with Crippen molar-refractivity contribution >= 4 is 11.7 Å². The van der Waals surface area contributed by atoms with E-state index in [-0.39, 0.29) is 17.4 Å². The summed E-state index contributed by atoms with van der Waals surface area (Å²) in [5.41, 5.74) is 4.27. The van der Waals surface area contributed by atoms with E-state index >= 15 is 0 Å². The maximum absolute atomic E-state index is 12.8. The number of piperidine rings is 1. The van der Waals surface area contributed by atoms with Crippen LogP contribution in [0.3, 0.4) is 0 Å². The van der Waals surface area contributed by atoms with E-state index < -0.39 is 17.8 Å². The Hall–Kier alpha value is -1.79. The molecule has 2 heterocycles. The van der Waals surface area contributed by atoms with Crippen LogP contribution in [-0.2, 0) is 6.18 Å². The number of alkyl halides is 3. The highest BCUT2D eigenvalue weighted by molar-refractivity contribution is 5.97. The maximum Gasteiger partial charge on any atom is 0.433 e. The number of hydrogen-bond acceptors (Lipinski definition) is 3. The quantitative estimate of drug-likeness (QED) is 0.909. The van der Waals surface area contributed by atoms with Crippen molar-refractivity contribution in [2.75, 3.05) is 11.4 Å². The molecule has 0 bridgehead atoms. The third kappa shape index (κ3) is 2.86. The molecule has 4 nitrogen and oxygen atoms in total. The van der Waals surface area contributed by atoms with Gasteiger partial charge in [0, 0.05) is 12.6 Å². The Bertz CT molecular complexity index is 516. The number of nitrogens with zero attached hydrogens (tertiary/aromatic N) is 2. The predicted octanol–water partition coefficient (Wildman–Crippen LogP) is 2.58. The van der Waals surface area contributed by atoms with Gasteiger partial charge in [-0.15, -0.1) is 0 Å². The molecule has 1 fully saturated rings. The number of carbonyl (C=O) groups excluding carboxylic acids is 1. The molecule has 20 heavy (non-hydrogen) atoms. The monoisotopic (exact) mass is 287 g/mol. The van der Waals surface area contributed by atoms with E-state index in [0.29, 0.717) is 6.54 Å². The Balaban J connectivity index is 2.49. The predicted molar refractivity (Wildman–Crippen MR) is 68.4 cm³/mol. The molecule has 1 aromatic rings. The molecule has 1 atom stereocenters. The van der Waals surface area contributed by atoms with Crippen molar-refractivity contribution in [1.29, 1.82) is 0 Å². The van der Waals surface area contributed by atoms with Gasteiger partial charge in [-0.3, -0.25) is 4.79 Å². The molecule has 1 aromatic heterocycles. The first-order valence-electron chi connectivity index (χ1n) is 6.45. The second kappa shape index (κ2) is 5.30. The van der Waals surface area contributed by atoms with E-state index in [2.05, 4.69) is 4.98 Å². The van der Waals surface area contributed by atoms with E-state index in [9.17, 15) is 18.0 Å². The molecule has 0 spiro atoms. The lowest BCUT2D eigenvalue weighted by atomic mass is 10.0. The number of anilines is 1. The van der Waals surface area contributed by atoms with Gasteiger partial charge in [-0.2, -0.15) is 13.2 Å². The molecule has 7 heteroatoms. The Morgan fingerprint density at radius 1 is 1.40 bits per heavy atom. The molecule has 0 aromatic carbocycles. The lowest BCUT2D eigenvalue weighted by Crippen LogP contribution is -2.39. The summed E-state index contributed by atoms with van der Waals surface area (Å²) < 4.78 is 38.3. The van der Waals surface area contributed by atoms with Crippen LogP contribution in [0.5, 0.6) is 0 Å². The number of halogens is 3. The Morgan fingerprint density at radius 2 is 2.10 bits per heavy atom. The number of nitrogens with two attached hydrogens (primary N) is 1. The Kier molecular flexibility index (Phi) is 3.87. The van der Waals surface area contributed by atoms with Gasteiger partial charge in [0.2, 0.25) is 0 Å². The van der Waals surface area contributed by atoms with E-state index in [1.54, 1.807) is 4.90 Å². The smallest absolute Gasteiger partial charge is 0.365 e. The minimum Gasteiger partial charge on any atom is -0.365 e. The summed E-state index contributed by atoms with van der Waals surface area (Å²) in [5.74, 6) is -0.724. The normalized spacial score (nSPS) is 20.0. The van der Waals surface area contributed by atoms with Gasteiger partial charge in [0.05, 0.1) is 5.56 Å². The van der Waals surface area contributed by atoms with Gasteiger partial charge in [-0.25, -0.2) is 4.98 Å². The summed E-state index contributed by atoms with van der Waals surface area (Å²) in [4.78, 5) is 16.8. The number of hydrogen-bond donors (Lipinski definition) is 1. The Labute approximate surface area is 114 Å². The van der Waals surface area contributed by atoms with E-state index in [0.717, 1.165) is 31.4 Å². The van der Waals surface area contributed by atoms with Crippen LogP contribution in [0.2, 0.25) is 0 Å². The topological polar surface area (TPSA) is 59.2 Å². The summed E-state index contributed by atoms with van der Waals surface area (Å²) in [6.45, 7) is 2.49. The average Bonchev–Trinajstić information content (AvgIpc) is 2.37. The third-order valence-corrected chi connectivity index (χ3v) is 3.51. The fourth-order valence-corrected chi connectivity index (χ4v) is 2.43. The number of carbonyl (C=O) groups is 1. The van der Waals surface area contributed by atoms with Crippen molar-refractivity contribution < 1.29 is 18.0 Å². The van der Waals surface area contributed by atoms with Crippen molar-refractivity contribution in [3.63, 3.8) is 0 Å². The van der Waals surface area contributed by atoms with Crippen LogP contribution in [0.4, 0.5) is 19.0 Å². The molecule has 1 aliphatic rings. The molecule has 110 valence electrons. The fourth-order valence-electron chi connectivity index (χ4n) is 2.43. The lowest BCUT2D eigenvalue weighted by molar-refractivity contribution is -0.141. The number of pyridine rings is 1. The van der Waals surface area contributed by atoms with Crippen molar-refractivity contribution in [1.82, 2.24) is 4.98 Å². The highest BCUT2D eigenvalue weighted by atomic mass is 19.4. The second-order valence-electron chi connectivity index (χ2n) is 4.97. The average molecular weight is 287 g/mol. The van der Waals surface area contributed by atoms with Crippen LogP contribution in [0, 0.1) is 0 Å². The molecule has 1 aliphatic heterocycles. The molecular weight excluding hydrogens is 271 g/mol. The van der Waals surface area contributed by atoms with E-state index in [4.69, 9.17) is 5.73 Å². The number of aromatic nitrogens is 1. The van der Waals surface area contributed by atoms with E-state index in [1.807, 2.05) is 6.92 Å². The molecule has 1 amide bonds. The summed E-state index contributed by atoms with van der Waals surface area (Å²) in [6.07, 6.45) is -1.80. The van der Waals surface area contributed by atoms with Gasteiger partial charge in [0.1, 0.15) is 11.5 Å². The van der Waals surface area contributed by atoms with Crippen molar-refractivity contribution in [3.8, 4) is 0 Å². The lowest BCUT2D eigenvalue weighted by Gasteiger charge is -2.35. The standard InChI is InChI=1S/C13H16F3N3O/c1-8-4-2-3-7-19(8)12-9(11(17)20)5-6-10(18-12)13(14,15)16/h5-6,8H,2-4,7H2,1H3,(H2,17,20).